The van der Waals surface area contributed by atoms with Gasteiger partial charge in [0.2, 0.25) is 0 Å². The Morgan fingerprint density at radius 2 is 1.59 bits per heavy atom. The summed E-state index contributed by atoms with van der Waals surface area (Å²) in [4.78, 5) is 4.32. The molecule has 0 aliphatic heterocycles. The maximum atomic E-state index is 4.32. The summed E-state index contributed by atoms with van der Waals surface area (Å²) in [5.74, 6) is 0.563. The van der Waals surface area contributed by atoms with Gasteiger partial charge in [-0.3, -0.25) is 4.98 Å². The molecule has 2 aromatic rings. The highest BCUT2D eigenvalue weighted by Crippen LogP contribution is 2.22. The largest absolute Gasteiger partial charge is 0.256 e. The summed E-state index contributed by atoms with van der Waals surface area (Å²) < 4.78 is 0. The minimum atomic E-state index is 0.563. The van der Waals surface area contributed by atoms with Crippen LogP contribution in [0.4, 0.5) is 0 Å². The Labute approximate surface area is 105 Å². The molecular formula is C16H23N. The summed E-state index contributed by atoms with van der Waals surface area (Å²) in [7, 11) is 0. The molecule has 0 unspecified atom stereocenters. The quantitative estimate of drug-likeness (QED) is 0.613. The number of aromatic nitrogens is 1. The van der Waals surface area contributed by atoms with Crippen LogP contribution in [0.2, 0.25) is 0 Å². The molecule has 0 bridgehead atoms. The van der Waals surface area contributed by atoms with Crippen LogP contribution in [0.5, 0.6) is 0 Å². The third-order valence-electron chi connectivity index (χ3n) is 2.30. The first-order valence-corrected chi connectivity index (χ1v) is 6.12. The fourth-order valence-corrected chi connectivity index (χ4v) is 1.62. The third kappa shape index (κ3) is 4.03. The van der Waals surface area contributed by atoms with Crippen molar-refractivity contribution in [3.63, 3.8) is 0 Å². The Hall–Kier alpha value is -1.63. The molecule has 0 saturated carbocycles. The fraction of sp³-hybridized carbons (Fsp3) is 0.312. The highest BCUT2D eigenvalue weighted by molar-refractivity contribution is 5.82. The lowest BCUT2D eigenvalue weighted by molar-refractivity contribution is 0.874. The van der Waals surface area contributed by atoms with E-state index in [1.807, 2.05) is 26.1 Å². The van der Waals surface area contributed by atoms with Crippen molar-refractivity contribution in [2.75, 3.05) is 0 Å². The number of benzene rings is 1. The number of fused-ring (bicyclic) bond motifs is 1. The van der Waals surface area contributed by atoms with Crippen molar-refractivity contribution < 1.29 is 0 Å². The molecule has 17 heavy (non-hydrogen) atoms. The van der Waals surface area contributed by atoms with Gasteiger partial charge in [0.15, 0.2) is 0 Å². The second-order valence-corrected chi connectivity index (χ2v) is 3.57. The first-order chi connectivity index (χ1) is 8.29. The van der Waals surface area contributed by atoms with Crippen molar-refractivity contribution in [1.29, 1.82) is 0 Å². The van der Waals surface area contributed by atoms with Gasteiger partial charge >= 0.3 is 0 Å². The second kappa shape index (κ2) is 8.51. The molecule has 0 amide bonds. The van der Waals surface area contributed by atoms with E-state index >= 15 is 0 Å². The van der Waals surface area contributed by atoms with Gasteiger partial charge in [0.1, 0.15) is 0 Å². The molecule has 2 rings (SSSR count). The highest BCUT2D eigenvalue weighted by Gasteiger charge is 2.03. The van der Waals surface area contributed by atoms with E-state index in [1.165, 1.54) is 10.9 Å². The summed E-state index contributed by atoms with van der Waals surface area (Å²) in [6.07, 6.45) is 1.89. The van der Waals surface area contributed by atoms with Crippen LogP contribution in [0.1, 0.15) is 39.2 Å². The van der Waals surface area contributed by atoms with Crippen LogP contribution >= 0.6 is 0 Å². The van der Waals surface area contributed by atoms with Gasteiger partial charge in [-0.15, -0.1) is 13.2 Å². The monoisotopic (exact) mass is 229 g/mol. The molecular weight excluding hydrogens is 206 g/mol. The van der Waals surface area contributed by atoms with Gasteiger partial charge in [-0.2, -0.15) is 0 Å². The van der Waals surface area contributed by atoms with Crippen LogP contribution in [-0.2, 0) is 0 Å². The maximum absolute atomic E-state index is 4.32. The zero-order valence-corrected chi connectivity index (χ0v) is 11.4. The molecule has 1 aromatic carbocycles. The fourth-order valence-electron chi connectivity index (χ4n) is 1.62. The number of nitrogens with zero attached hydrogens (tertiary/aromatic N) is 1. The first-order valence-electron chi connectivity index (χ1n) is 6.12. The van der Waals surface area contributed by atoms with E-state index in [1.54, 1.807) is 0 Å². The van der Waals surface area contributed by atoms with E-state index in [4.69, 9.17) is 0 Å². The summed E-state index contributed by atoms with van der Waals surface area (Å²) in [6, 6.07) is 10.4. The van der Waals surface area contributed by atoms with Gasteiger partial charge < -0.3 is 0 Å². The van der Waals surface area contributed by atoms with E-state index in [2.05, 4.69) is 56.3 Å². The Kier molecular flexibility index (Phi) is 7.70. The third-order valence-corrected chi connectivity index (χ3v) is 2.30. The predicted octanol–water partition coefficient (Wildman–Crippen LogP) is 5.19. The first kappa shape index (κ1) is 15.4. The zero-order valence-electron chi connectivity index (χ0n) is 11.4. The summed E-state index contributed by atoms with van der Waals surface area (Å²) in [5, 5.41) is 1.28. The van der Waals surface area contributed by atoms with Crippen LogP contribution in [0.3, 0.4) is 0 Å². The molecule has 0 N–H and O–H groups in total. The molecule has 1 heteroatoms. The lowest BCUT2D eigenvalue weighted by Crippen LogP contribution is -1.90. The molecule has 0 fully saturated rings. The molecule has 0 radical (unpaired) electrons. The Morgan fingerprint density at radius 1 is 1.00 bits per heavy atom. The van der Waals surface area contributed by atoms with E-state index in [0.29, 0.717) is 5.92 Å². The molecule has 1 heterocycles. The van der Waals surface area contributed by atoms with Gasteiger partial charge in [0.05, 0.1) is 5.52 Å². The van der Waals surface area contributed by atoms with Crippen molar-refractivity contribution in [2.45, 2.75) is 33.6 Å². The Balaban J connectivity index is 0.000000581. The number of rotatable bonds is 1. The lowest BCUT2D eigenvalue weighted by Gasteiger charge is -2.08. The minimum Gasteiger partial charge on any atom is -0.256 e. The highest BCUT2D eigenvalue weighted by atomic mass is 14.6. The lowest BCUT2D eigenvalue weighted by atomic mass is 9.99. The van der Waals surface area contributed by atoms with E-state index < -0.39 is 0 Å². The maximum Gasteiger partial charge on any atom is 0.0704 e. The molecule has 0 atom stereocenters. The summed E-state index contributed by atoms with van der Waals surface area (Å²) in [6.45, 7) is 14.4. The number of hydrogen-bond acceptors (Lipinski definition) is 1. The molecule has 92 valence electrons. The Morgan fingerprint density at radius 3 is 2.18 bits per heavy atom. The zero-order chi connectivity index (χ0) is 13.3. The molecule has 1 aromatic heterocycles. The van der Waals surface area contributed by atoms with E-state index in [-0.39, 0.29) is 0 Å². The van der Waals surface area contributed by atoms with Crippen LogP contribution in [-0.4, -0.2) is 4.98 Å². The van der Waals surface area contributed by atoms with Crippen LogP contribution in [0.15, 0.2) is 49.7 Å². The SMILES string of the molecule is C=C.CC.CC(C)c1ccnc2ccccc12. The van der Waals surface area contributed by atoms with E-state index in [9.17, 15) is 0 Å². The van der Waals surface area contributed by atoms with Gasteiger partial charge in [0, 0.05) is 11.6 Å². The molecule has 0 spiro atoms. The van der Waals surface area contributed by atoms with Crippen molar-refractivity contribution in [3.8, 4) is 0 Å². The average Bonchev–Trinajstić information content (AvgIpc) is 2.42. The van der Waals surface area contributed by atoms with Crippen LogP contribution < -0.4 is 0 Å². The van der Waals surface area contributed by atoms with Crippen molar-refractivity contribution in [3.05, 3.63) is 55.3 Å². The van der Waals surface area contributed by atoms with Gasteiger partial charge in [-0.05, 0) is 23.6 Å². The normalized spacial score (nSPS) is 9.00. The second-order valence-electron chi connectivity index (χ2n) is 3.57. The smallest absolute Gasteiger partial charge is 0.0704 e. The van der Waals surface area contributed by atoms with Crippen molar-refractivity contribution in [2.24, 2.45) is 0 Å². The summed E-state index contributed by atoms with van der Waals surface area (Å²) >= 11 is 0. The van der Waals surface area contributed by atoms with E-state index in [0.717, 1.165) is 5.52 Å². The summed E-state index contributed by atoms with van der Waals surface area (Å²) in [5.41, 5.74) is 2.47. The standard InChI is InChI=1S/C12H13N.C2H6.C2H4/c1-9(2)10-7-8-13-12-6-4-3-5-11(10)12;2*1-2/h3-9H,1-2H3;1-2H3;1-2H2. The topological polar surface area (TPSA) is 12.9 Å². The molecule has 1 nitrogen and oxygen atoms in total. The Bertz CT molecular complexity index is 427. The predicted molar refractivity (Wildman–Crippen MR) is 78.4 cm³/mol. The molecule has 0 aliphatic carbocycles. The average molecular weight is 229 g/mol. The van der Waals surface area contributed by atoms with Crippen molar-refractivity contribution in [1.82, 2.24) is 4.98 Å². The van der Waals surface area contributed by atoms with Gasteiger partial charge in [-0.1, -0.05) is 45.9 Å². The van der Waals surface area contributed by atoms with Gasteiger partial charge in [-0.25, -0.2) is 0 Å². The van der Waals surface area contributed by atoms with Gasteiger partial charge in [0.25, 0.3) is 0 Å². The van der Waals surface area contributed by atoms with Crippen LogP contribution in [0.25, 0.3) is 10.9 Å². The number of pyridine rings is 1. The number of hydrogen-bond donors (Lipinski definition) is 0. The molecule has 0 aliphatic rings. The van der Waals surface area contributed by atoms with Crippen LogP contribution in [0, 0.1) is 0 Å². The van der Waals surface area contributed by atoms with Crippen molar-refractivity contribution >= 4 is 10.9 Å². The minimum absolute atomic E-state index is 0.563. The molecule has 0 saturated heterocycles. The number of para-hydroxylation sites is 1.